The molecular formula is C20H34BrIN4O2. The smallest absolute Gasteiger partial charge is 0.246 e. The Kier molecular flexibility index (Phi) is 13.7. The predicted molar refractivity (Wildman–Crippen MR) is 132 cm³/mol. The number of hydrogen-bond acceptors (Lipinski definition) is 3. The molecule has 0 unspecified atom stereocenters. The fraction of sp³-hybridized carbons (Fsp3) is 0.600. The second kappa shape index (κ2) is 14.2. The highest BCUT2D eigenvalue weighted by Gasteiger charge is 2.25. The summed E-state index contributed by atoms with van der Waals surface area (Å²) in [5.41, 5.74) is 1.81. The van der Waals surface area contributed by atoms with Gasteiger partial charge >= 0.3 is 0 Å². The van der Waals surface area contributed by atoms with E-state index in [0.29, 0.717) is 19.0 Å². The predicted octanol–water partition coefficient (Wildman–Crippen LogP) is 4.06. The number of guanidine groups is 1. The molecule has 4 N–H and O–H groups in total. The number of carbonyl (C=O) groups is 1. The van der Waals surface area contributed by atoms with Gasteiger partial charge in [0.25, 0.3) is 0 Å². The molecule has 0 radical (unpaired) electrons. The molecule has 0 aliphatic carbocycles. The van der Waals surface area contributed by atoms with Crippen molar-refractivity contribution >= 4 is 57.5 Å². The van der Waals surface area contributed by atoms with Crippen molar-refractivity contribution in [3.05, 3.63) is 28.2 Å². The number of anilines is 1. The Morgan fingerprint density at radius 3 is 2.46 bits per heavy atom. The number of aryl methyl sites for hydroxylation is 1. The molecule has 0 atom stereocenters. The van der Waals surface area contributed by atoms with Crippen LogP contribution >= 0.6 is 39.9 Å². The molecule has 0 aliphatic rings. The second-order valence-corrected chi connectivity index (χ2v) is 7.65. The van der Waals surface area contributed by atoms with Gasteiger partial charge in [0.1, 0.15) is 6.54 Å². The Morgan fingerprint density at radius 1 is 1.21 bits per heavy atom. The van der Waals surface area contributed by atoms with Crippen molar-refractivity contribution in [1.82, 2.24) is 10.6 Å². The lowest BCUT2D eigenvalue weighted by Gasteiger charge is -2.32. The van der Waals surface area contributed by atoms with Gasteiger partial charge in [-0.1, -0.05) is 35.8 Å². The summed E-state index contributed by atoms with van der Waals surface area (Å²) in [6.07, 6.45) is 2.69. The number of carbonyl (C=O) groups excluding carboxylic acids is 1. The van der Waals surface area contributed by atoms with Crippen molar-refractivity contribution in [2.75, 3.05) is 31.6 Å². The standard InChI is InChI=1S/C20H33BrN4O2.HI/c1-5-20(6-2,10-11-26)14-24-19(22-7-3)23-13-18(27)25-17-12-16(21)9-8-15(17)4;/h8-9,12,26H,5-7,10-11,13-14H2,1-4H3,(H,25,27)(H2,22,23,24);1H. The van der Waals surface area contributed by atoms with Gasteiger partial charge in [0.15, 0.2) is 5.96 Å². The van der Waals surface area contributed by atoms with Gasteiger partial charge in [-0.05, 0) is 56.2 Å². The largest absolute Gasteiger partial charge is 0.396 e. The Hall–Kier alpha value is -0.870. The van der Waals surface area contributed by atoms with Gasteiger partial charge in [-0.25, -0.2) is 4.99 Å². The van der Waals surface area contributed by atoms with Crippen molar-refractivity contribution in [3.63, 3.8) is 0 Å². The minimum absolute atomic E-state index is 0. The van der Waals surface area contributed by atoms with Crippen LogP contribution in [0.5, 0.6) is 0 Å². The van der Waals surface area contributed by atoms with Gasteiger partial charge in [-0.3, -0.25) is 4.79 Å². The minimum Gasteiger partial charge on any atom is -0.396 e. The molecule has 0 bridgehead atoms. The Morgan fingerprint density at radius 2 is 1.89 bits per heavy atom. The molecule has 6 nitrogen and oxygen atoms in total. The van der Waals surface area contributed by atoms with Gasteiger partial charge in [-0.15, -0.1) is 24.0 Å². The number of nitrogens with one attached hydrogen (secondary N) is 3. The summed E-state index contributed by atoms with van der Waals surface area (Å²) in [5, 5.41) is 18.8. The van der Waals surface area contributed by atoms with Crippen LogP contribution in [-0.2, 0) is 4.79 Å². The maximum atomic E-state index is 12.3. The molecule has 28 heavy (non-hydrogen) atoms. The molecule has 0 saturated carbocycles. The maximum Gasteiger partial charge on any atom is 0.246 e. The summed E-state index contributed by atoms with van der Waals surface area (Å²) in [4.78, 5) is 16.7. The van der Waals surface area contributed by atoms with E-state index in [4.69, 9.17) is 0 Å². The minimum atomic E-state index is -0.166. The van der Waals surface area contributed by atoms with Crippen molar-refractivity contribution in [2.45, 2.75) is 47.0 Å². The molecular weight excluding hydrogens is 535 g/mol. The summed E-state index contributed by atoms with van der Waals surface area (Å²) in [7, 11) is 0. The Balaban J connectivity index is 0.00000729. The highest BCUT2D eigenvalue weighted by atomic mass is 127. The van der Waals surface area contributed by atoms with Gasteiger partial charge < -0.3 is 21.1 Å². The molecule has 0 aromatic heterocycles. The summed E-state index contributed by atoms with van der Waals surface area (Å²) < 4.78 is 0.918. The van der Waals surface area contributed by atoms with Crippen molar-refractivity contribution < 1.29 is 9.90 Å². The fourth-order valence-electron chi connectivity index (χ4n) is 2.86. The third-order valence-electron chi connectivity index (χ3n) is 4.97. The fourth-order valence-corrected chi connectivity index (χ4v) is 3.22. The number of hydrogen-bond donors (Lipinski definition) is 4. The van der Waals surface area contributed by atoms with Crippen LogP contribution in [0.4, 0.5) is 5.69 Å². The molecule has 0 heterocycles. The first-order chi connectivity index (χ1) is 12.9. The molecule has 0 fully saturated rings. The molecule has 1 aromatic rings. The van der Waals surface area contributed by atoms with Crippen LogP contribution in [0.15, 0.2) is 27.7 Å². The van der Waals surface area contributed by atoms with E-state index in [-0.39, 0.29) is 48.5 Å². The van der Waals surface area contributed by atoms with E-state index >= 15 is 0 Å². The highest BCUT2D eigenvalue weighted by Crippen LogP contribution is 2.29. The first kappa shape index (κ1) is 27.1. The first-order valence-corrected chi connectivity index (χ1v) is 10.4. The van der Waals surface area contributed by atoms with Gasteiger partial charge in [-0.2, -0.15) is 0 Å². The summed E-state index contributed by atoms with van der Waals surface area (Å²) in [6, 6.07) is 5.77. The van der Waals surface area contributed by atoms with Crippen molar-refractivity contribution in [2.24, 2.45) is 10.4 Å². The Labute approximate surface area is 194 Å². The van der Waals surface area contributed by atoms with E-state index in [2.05, 4.69) is 50.7 Å². The van der Waals surface area contributed by atoms with Crippen molar-refractivity contribution in [1.29, 1.82) is 0 Å². The molecule has 1 amide bonds. The molecule has 0 spiro atoms. The lowest BCUT2D eigenvalue weighted by molar-refractivity contribution is -0.114. The number of aliphatic hydroxyl groups is 1. The average Bonchev–Trinajstić information content (AvgIpc) is 2.66. The number of amides is 1. The number of halogens is 2. The Bertz CT molecular complexity index is 637. The van der Waals surface area contributed by atoms with E-state index in [1.165, 1.54) is 0 Å². The molecule has 0 aliphatic heterocycles. The molecule has 160 valence electrons. The topological polar surface area (TPSA) is 85.8 Å². The van der Waals surface area contributed by atoms with Crippen LogP contribution in [0.25, 0.3) is 0 Å². The monoisotopic (exact) mass is 568 g/mol. The van der Waals surface area contributed by atoms with Crippen LogP contribution in [0.1, 0.15) is 45.6 Å². The number of nitrogens with zero attached hydrogens (tertiary/aromatic N) is 1. The number of benzene rings is 1. The van der Waals surface area contributed by atoms with E-state index < -0.39 is 0 Å². The van der Waals surface area contributed by atoms with Crippen LogP contribution in [-0.4, -0.2) is 43.2 Å². The zero-order valence-corrected chi connectivity index (χ0v) is 21.2. The van der Waals surface area contributed by atoms with Gasteiger partial charge in [0, 0.05) is 29.9 Å². The highest BCUT2D eigenvalue weighted by molar-refractivity contribution is 14.0. The summed E-state index contributed by atoms with van der Waals surface area (Å²) >= 11 is 3.42. The van der Waals surface area contributed by atoms with Gasteiger partial charge in [0.2, 0.25) is 5.91 Å². The molecule has 8 heteroatoms. The van der Waals surface area contributed by atoms with Crippen LogP contribution in [0, 0.1) is 12.3 Å². The summed E-state index contributed by atoms with van der Waals surface area (Å²) in [5.74, 6) is 0.448. The zero-order valence-electron chi connectivity index (χ0n) is 17.3. The zero-order chi connectivity index (χ0) is 20.3. The molecule has 0 saturated heterocycles. The lowest BCUT2D eigenvalue weighted by Crippen LogP contribution is -2.44. The number of aliphatic hydroxyl groups excluding tert-OH is 1. The van der Waals surface area contributed by atoms with E-state index in [1.54, 1.807) is 0 Å². The third-order valence-corrected chi connectivity index (χ3v) is 5.46. The third kappa shape index (κ3) is 9.09. The SMILES string of the molecule is CCNC(=NCC(=O)Nc1cc(Br)ccc1C)NCC(CC)(CC)CCO.I. The second-order valence-electron chi connectivity index (χ2n) is 6.74. The van der Waals surface area contributed by atoms with E-state index in [0.717, 1.165) is 35.0 Å². The van der Waals surface area contributed by atoms with Crippen LogP contribution < -0.4 is 16.0 Å². The maximum absolute atomic E-state index is 12.3. The van der Waals surface area contributed by atoms with Crippen LogP contribution in [0.2, 0.25) is 0 Å². The van der Waals surface area contributed by atoms with Crippen molar-refractivity contribution in [3.8, 4) is 0 Å². The van der Waals surface area contributed by atoms with E-state index in [1.807, 2.05) is 32.0 Å². The van der Waals surface area contributed by atoms with Crippen LogP contribution in [0.3, 0.4) is 0 Å². The average molecular weight is 569 g/mol. The first-order valence-electron chi connectivity index (χ1n) is 9.58. The summed E-state index contributed by atoms with van der Waals surface area (Å²) in [6.45, 7) is 9.84. The molecule has 1 rings (SSSR count). The lowest BCUT2D eigenvalue weighted by atomic mass is 9.79. The quantitative estimate of drug-likeness (QED) is 0.195. The van der Waals surface area contributed by atoms with E-state index in [9.17, 15) is 9.90 Å². The molecule has 1 aromatic carbocycles. The normalized spacial score (nSPS) is 11.6. The number of aliphatic imine (C=N–C) groups is 1. The number of rotatable bonds is 10. The van der Waals surface area contributed by atoms with Gasteiger partial charge in [0.05, 0.1) is 0 Å².